The SMILES string of the molecule is COc1ccc(OC2CCN(C(=O)C3CC3)CC2)c(C(=O)N2CCCC(CCCO)C2)c1. The van der Waals surface area contributed by atoms with Crippen molar-refractivity contribution >= 4 is 11.8 Å². The molecule has 1 aromatic carbocycles. The third kappa shape index (κ3) is 5.55. The van der Waals surface area contributed by atoms with Gasteiger partial charge in [0.1, 0.15) is 17.6 Å². The highest BCUT2D eigenvalue weighted by atomic mass is 16.5. The van der Waals surface area contributed by atoms with Crippen LogP contribution in [0.5, 0.6) is 11.5 Å². The first-order chi connectivity index (χ1) is 15.6. The number of aliphatic hydroxyl groups is 1. The third-order valence-electron chi connectivity index (χ3n) is 6.97. The maximum atomic E-state index is 13.5. The van der Waals surface area contributed by atoms with Crippen LogP contribution in [0, 0.1) is 11.8 Å². The van der Waals surface area contributed by atoms with Crippen molar-refractivity contribution in [1.29, 1.82) is 0 Å². The molecule has 1 N–H and O–H groups in total. The molecular formula is C25H36N2O5. The Morgan fingerprint density at radius 3 is 2.53 bits per heavy atom. The summed E-state index contributed by atoms with van der Waals surface area (Å²) >= 11 is 0. The average molecular weight is 445 g/mol. The molecule has 1 aromatic rings. The smallest absolute Gasteiger partial charge is 0.257 e. The van der Waals surface area contributed by atoms with E-state index in [4.69, 9.17) is 14.6 Å². The van der Waals surface area contributed by atoms with Crippen LogP contribution >= 0.6 is 0 Å². The molecule has 2 aliphatic heterocycles. The van der Waals surface area contributed by atoms with Crippen LogP contribution in [0.4, 0.5) is 0 Å². The summed E-state index contributed by atoms with van der Waals surface area (Å²) in [7, 11) is 1.60. The summed E-state index contributed by atoms with van der Waals surface area (Å²) in [4.78, 5) is 29.7. The second-order valence-electron chi connectivity index (χ2n) is 9.40. The van der Waals surface area contributed by atoms with Crippen LogP contribution in [0.3, 0.4) is 0 Å². The molecule has 7 heteroatoms. The Morgan fingerprint density at radius 1 is 1.06 bits per heavy atom. The predicted octanol–water partition coefficient (Wildman–Crippen LogP) is 3.10. The Morgan fingerprint density at radius 2 is 1.84 bits per heavy atom. The summed E-state index contributed by atoms with van der Waals surface area (Å²) < 4.78 is 11.7. The first-order valence-corrected chi connectivity index (χ1v) is 12.1. The molecule has 7 nitrogen and oxygen atoms in total. The number of nitrogens with zero attached hydrogens (tertiary/aromatic N) is 2. The lowest BCUT2D eigenvalue weighted by atomic mass is 9.93. The van der Waals surface area contributed by atoms with Gasteiger partial charge in [-0.05, 0) is 62.6 Å². The molecule has 0 spiro atoms. The molecule has 2 saturated heterocycles. The molecule has 0 bridgehead atoms. The highest BCUT2D eigenvalue weighted by molar-refractivity contribution is 5.97. The number of aliphatic hydroxyl groups excluding tert-OH is 1. The van der Waals surface area contributed by atoms with E-state index in [1.54, 1.807) is 13.2 Å². The average Bonchev–Trinajstić information content (AvgIpc) is 3.68. The molecule has 4 rings (SSSR count). The second kappa shape index (κ2) is 10.6. The number of carbonyl (C=O) groups excluding carboxylic acids is 2. The fraction of sp³-hybridized carbons (Fsp3) is 0.680. The summed E-state index contributed by atoms with van der Waals surface area (Å²) in [6.45, 7) is 3.10. The summed E-state index contributed by atoms with van der Waals surface area (Å²) in [5.41, 5.74) is 0.545. The number of hydrogen-bond acceptors (Lipinski definition) is 5. The molecule has 2 heterocycles. The highest BCUT2D eigenvalue weighted by Crippen LogP contribution is 2.33. The van der Waals surface area contributed by atoms with E-state index in [-0.39, 0.29) is 24.5 Å². The number of benzene rings is 1. The van der Waals surface area contributed by atoms with Crippen LogP contribution < -0.4 is 9.47 Å². The topological polar surface area (TPSA) is 79.3 Å². The zero-order chi connectivity index (χ0) is 22.5. The van der Waals surface area contributed by atoms with Gasteiger partial charge in [-0.2, -0.15) is 0 Å². The summed E-state index contributed by atoms with van der Waals surface area (Å²) in [6, 6.07) is 5.44. The normalized spacial score (nSPS) is 22.0. The first kappa shape index (κ1) is 22.9. The van der Waals surface area contributed by atoms with E-state index in [0.717, 1.165) is 77.5 Å². The van der Waals surface area contributed by atoms with Crippen molar-refractivity contribution in [2.45, 2.75) is 57.5 Å². The number of amides is 2. The van der Waals surface area contributed by atoms with Crippen LogP contribution in [0.1, 0.15) is 61.7 Å². The van der Waals surface area contributed by atoms with Crippen LogP contribution in [-0.2, 0) is 4.79 Å². The number of carbonyl (C=O) groups is 2. The van der Waals surface area contributed by atoms with Crippen LogP contribution in [0.25, 0.3) is 0 Å². The van der Waals surface area contributed by atoms with Crippen LogP contribution in [0.2, 0.25) is 0 Å². The van der Waals surface area contributed by atoms with Crippen molar-refractivity contribution in [2.75, 3.05) is 39.9 Å². The molecule has 1 atom stereocenters. The second-order valence-corrected chi connectivity index (χ2v) is 9.40. The molecule has 1 saturated carbocycles. The monoisotopic (exact) mass is 444 g/mol. The Kier molecular flexibility index (Phi) is 7.55. The number of likely N-dealkylation sites (tertiary alicyclic amines) is 2. The number of methoxy groups -OCH3 is 1. The molecule has 0 radical (unpaired) electrons. The summed E-state index contributed by atoms with van der Waals surface area (Å²) in [6.07, 6.45) is 7.43. The van der Waals surface area contributed by atoms with Gasteiger partial charge in [-0.25, -0.2) is 0 Å². The zero-order valence-electron chi connectivity index (χ0n) is 19.1. The van der Waals surface area contributed by atoms with Crippen molar-refractivity contribution in [2.24, 2.45) is 11.8 Å². The quantitative estimate of drug-likeness (QED) is 0.667. The predicted molar refractivity (Wildman–Crippen MR) is 121 cm³/mol. The van der Waals surface area contributed by atoms with E-state index in [1.807, 2.05) is 21.9 Å². The van der Waals surface area contributed by atoms with Gasteiger partial charge in [0.05, 0.1) is 12.7 Å². The first-order valence-electron chi connectivity index (χ1n) is 12.1. The molecule has 2 amide bonds. The van der Waals surface area contributed by atoms with Crippen molar-refractivity contribution in [3.05, 3.63) is 23.8 Å². The minimum atomic E-state index is -0.0195. The maximum absolute atomic E-state index is 13.5. The van der Waals surface area contributed by atoms with Gasteiger partial charge >= 0.3 is 0 Å². The summed E-state index contributed by atoms with van der Waals surface area (Å²) in [5, 5.41) is 9.14. The zero-order valence-corrected chi connectivity index (χ0v) is 19.1. The van der Waals surface area contributed by atoms with Gasteiger partial charge in [-0.1, -0.05) is 0 Å². The lowest BCUT2D eigenvalue weighted by molar-refractivity contribution is -0.134. The van der Waals surface area contributed by atoms with Crippen LogP contribution in [0.15, 0.2) is 18.2 Å². The van der Waals surface area contributed by atoms with Gasteiger partial charge in [-0.15, -0.1) is 0 Å². The molecule has 1 unspecified atom stereocenters. The Hall–Kier alpha value is -2.28. The molecule has 32 heavy (non-hydrogen) atoms. The fourth-order valence-corrected chi connectivity index (χ4v) is 4.90. The highest BCUT2D eigenvalue weighted by Gasteiger charge is 2.35. The molecule has 3 fully saturated rings. The Balaban J connectivity index is 1.42. The van der Waals surface area contributed by atoms with E-state index >= 15 is 0 Å². The number of piperidine rings is 2. The van der Waals surface area contributed by atoms with E-state index in [9.17, 15) is 9.59 Å². The minimum Gasteiger partial charge on any atom is -0.497 e. The van der Waals surface area contributed by atoms with E-state index in [1.165, 1.54) is 0 Å². The number of ether oxygens (including phenoxy) is 2. The van der Waals surface area contributed by atoms with Crippen molar-refractivity contribution < 1.29 is 24.2 Å². The minimum absolute atomic E-state index is 0.00291. The van der Waals surface area contributed by atoms with Crippen LogP contribution in [-0.4, -0.2) is 72.7 Å². The molecule has 0 aromatic heterocycles. The number of hydrogen-bond donors (Lipinski definition) is 1. The summed E-state index contributed by atoms with van der Waals surface area (Å²) in [5.74, 6) is 2.20. The van der Waals surface area contributed by atoms with Gasteiger partial charge in [-0.3, -0.25) is 9.59 Å². The van der Waals surface area contributed by atoms with E-state index < -0.39 is 0 Å². The number of rotatable bonds is 8. The van der Waals surface area contributed by atoms with Gasteiger partial charge in [0.25, 0.3) is 5.91 Å². The van der Waals surface area contributed by atoms with Gasteiger partial charge in [0, 0.05) is 51.5 Å². The molecular weight excluding hydrogens is 408 g/mol. The molecule has 176 valence electrons. The Labute approximate surface area is 190 Å². The largest absolute Gasteiger partial charge is 0.497 e. The van der Waals surface area contributed by atoms with E-state index in [0.29, 0.717) is 28.9 Å². The molecule has 1 aliphatic carbocycles. The van der Waals surface area contributed by atoms with Crippen molar-refractivity contribution in [1.82, 2.24) is 9.80 Å². The van der Waals surface area contributed by atoms with Gasteiger partial charge in [0.2, 0.25) is 5.91 Å². The standard InChI is InChI=1S/C25H36N2O5/c1-31-21-8-9-23(32-20-10-13-26(14-11-20)24(29)19-6-7-19)22(16-21)25(30)27-12-2-4-18(17-27)5-3-15-28/h8-9,16,18-20,28H,2-7,10-15,17H2,1H3. The lowest BCUT2D eigenvalue weighted by Gasteiger charge is -2.34. The molecule has 3 aliphatic rings. The van der Waals surface area contributed by atoms with Crippen molar-refractivity contribution in [3.63, 3.8) is 0 Å². The Bertz CT molecular complexity index is 802. The fourth-order valence-electron chi connectivity index (χ4n) is 4.90. The van der Waals surface area contributed by atoms with Gasteiger partial charge in [0.15, 0.2) is 0 Å². The van der Waals surface area contributed by atoms with Crippen molar-refractivity contribution in [3.8, 4) is 11.5 Å². The van der Waals surface area contributed by atoms with E-state index in [2.05, 4.69) is 0 Å². The lowest BCUT2D eigenvalue weighted by Crippen LogP contribution is -2.43. The third-order valence-corrected chi connectivity index (χ3v) is 6.97. The van der Waals surface area contributed by atoms with Gasteiger partial charge < -0.3 is 24.4 Å². The maximum Gasteiger partial charge on any atom is 0.257 e.